The van der Waals surface area contributed by atoms with E-state index in [9.17, 15) is 10.1 Å². The molecule has 0 aliphatic carbocycles. The van der Waals surface area contributed by atoms with Gasteiger partial charge < -0.3 is 21.1 Å². The van der Waals surface area contributed by atoms with E-state index in [1.54, 1.807) is 30.3 Å². The topological polar surface area (TPSA) is 100 Å². The fourth-order valence-corrected chi connectivity index (χ4v) is 2.52. The maximum absolute atomic E-state index is 12.4. The number of anilines is 3. The van der Waals surface area contributed by atoms with Crippen molar-refractivity contribution in [1.29, 1.82) is 5.26 Å². The van der Waals surface area contributed by atoms with Gasteiger partial charge in [0.1, 0.15) is 23.1 Å². The molecule has 0 saturated heterocycles. The lowest BCUT2D eigenvalue weighted by atomic mass is 10.2. The molecule has 0 heterocycles. The van der Waals surface area contributed by atoms with Gasteiger partial charge in [-0.15, -0.1) is 0 Å². The summed E-state index contributed by atoms with van der Waals surface area (Å²) >= 11 is 0. The van der Waals surface area contributed by atoms with Crippen LogP contribution in [-0.4, -0.2) is 5.91 Å². The second-order valence-corrected chi connectivity index (χ2v) is 6.30. The number of nitriles is 1. The van der Waals surface area contributed by atoms with E-state index in [2.05, 4.69) is 10.6 Å². The summed E-state index contributed by atoms with van der Waals surface area (Å²) in [6.45, 7) is 1.93. The minimum absolute atomic E-state index is 0.0736. The molecule has 0 unspecified atom stereocenters. The van der Waals surface area contributed by atoms with Crippen LogP contribution in [0, 0.1) is 18.3 Å². The first kappa shape index (κ1) is 19.5. The number of nitrogen functional groups attached to an aromatic ring is 1. The minimum Gasteiger partial charge on any atom is -0.457 e. The van der Waals surface area contributed by atoms with E-state index in [0.717, 1.165) is 11.3 Å². The highest BCUT2D eigenvalue weighted by atomic mass is 16.5. The van der Waals surface area contributed by atoms with Crippen molar-refractivity contribution in [2.45, 2.75) is 6.92 Å². The predicted molar refractivity (Wildman–Crippen MR) is 114 cm³/mol. The highest BCUT2D eigenvalue weighted by molar-refractivity contribution is 6.06. The summed E-state index contributed by atoms with van der Waals surface area (Å²) in [5, 5.41) is 14.9. The monoisotopic (exact) mass is 384 g/mol. The molecule has 3 aromatic rings. The van der Waals surface area contributed by atoms with Crippen LogP contribution in [0.15, 0.2) is 84.6 Å². The van der Waals surface area contributed by atoms with Crippen LogP contribution >= 0.6 is 0 Å². The summed E-state index contributed by atoms with van der Waals surface area (Å²) in [4.78, 5) is 12.4. The molecule has 0 spiro atoms. The lowest BCUT2D eigenvalue weighted by Gasteiger charge is -2.09. The molecule has 0 saturated carbocycles. The molecule has 3 aromatic carbocycles. The molecule has 0 aliphatic heterocycles. The number of carbonyl (C=O) groups excluding carboxylic acids is 1. The van der Waals surface area contributed by atoms with Crippen LogP contribution in [0.1, 0.15) is 5.56 Å². The molecular weight excluding hydrogens is 364 g/mol. The number of ether oxygens (including phenoxy) is 1. The predicted octanol–water partition coefficient (Wildman–Crippen LogP) is 4.83. The Morgan fingerprint density at radius 1 is 1.03 bits per heavy atom. The molecule has 0 atom stereocenters. The highest BCUT2D eigenvalue weighted by Gasteiger charge is 2.10. The average Bonchev–Trinajstić information content (AvgIpc) is 2.73. The van der Waals surface area contributed by atoms with Crippen LogP contribution in [0.2, 0.25) is 0 Å². The van der Waals surface area contributed by atoms with Gasteiger partial charge in [0.05, 0.1) is 11.4 Å². The number of amides is 1. The second-order valence-electron chi connectivity index (χ2n) is 6.30. The molecule has 0 aliphatic rings. The normalized spacial score (nSPS) is 10.7. The first-order valence-corrected chi connectivity index (χ1v) is 8.92. The Hall–Kier alpha value is -4.24. The summed E-state index contributed by atoms with van der Waals surface area (Å²) in [7, 11) is 0. The average molecular weight is 384 g/mol. The Morgan fingerprint density at radius 2 is 1.72 bits per heavy atom. The van der Waals surface area contributed by atoms with Gasteiger partial charge in [0.2, 0.25) is 0 Å². The van der Waals surface area contributed by atoms with Crippen molar-refractivity contribution in [3.8, 4) is 17.6 Å². The molecule has 6 heteroatoms. The molecule has 4 N–H and O–H groups in total. The van der Waals surface area contributed by atoms with Crippen LogP contribution in [0.4, 0.5) is 17.1 Å². The molecular formula is C23H20N4O2. The lowest BCUT2D eigenvalue weighted by Crippen LogP contribution is -2.14. The van der Waals surface area contributed by atoms with Gasteiger partial charge in [0.15, 0.2) is 0 Å². The molecule has 1 amide bonds. The van der Waals surface area contributed by atoms with Gasteiger partial charge in [0.25, 0.3) is 5.91 Å². The zero-order valence-corrected chi connectivity index (χ0v) is 15.8. The number of rotatable bonds is 6. The maximum Gasteiger partial charge on any atom is 0.267 e. The van der Waals surface area contributed by atoms with E-state index in [1.165, 1.54) is 6.20 Å². The lowest BCUT2D eigenvalue weighted by molar-refractivity contribution is -0.112. The summed E-state index contributed by atoms with van der Waals surface area (Å²) in [5.74, 6) is 0.838. The van der Waals surface area contributed by atoms with Crippen molar-refractivity contribution in [3.63, 3.8) is 0 Å². The number of aryl methyl sites for hydroxylation is 1. The van der Waals surface area contributed by atoms with Gasteiger partial charge in [-0.2, -0.15) is 5.26 Å². The summed E-state index contributed by atoms with van der Waals surface area (Å²) in [6, 6.07) is 23.7. The number of benzene rings is 3. The number of nitrogens with two attached hydrogens (primary N) is 1. The van der Waals surface area contributed by atoms with Crippen molar-refractivity contribution in [1.82, 2.24) is 0 Å². The molecule has 3 rings (SSSR count). The van der Waals surface area contributed by atoms with Crippen LogP contribution in [0.25, 0.3) is 0 Å². The Balaban J connectivity index is 1.64. The zero-order valence-electron chi connectivity index (χ0n) is 15.8. The Morgan fingerprint density at radius 3 is 2.41 bits per heavy atom. The van der Waals surface area contributed by atoms with Gasteiger partial charge >= 0.3 is 0 Å². The number of hydrogen-bond acceptors (Lipinski definition) is 5. The van der Waals surface area contributed by atoms with Crippen molar-refractivity contribution in [2.24, 2.45) is 0 Å². The number of nitrogens with zero attached hydrogens (tertiary/aromatic N) is 1. The standard InChI is InChI=1S/C23H20N4O2/c1-16-7-12-21(25)22(13-16)26-15-17(14-24)23(28)27-18-8-10-20(11-9-18)29-19-5-3-2-4-6-19/h2-13,15,26H,25H2,1H3,(H,27,28)/b17-15-. The summed E-state index contributed by atoms with van der Waals surface area (Å²) in [6.07, 6.45) is 1.34. The maximum atomic E-state index is 12.4. The van der Waals surface area contributed by atoms with E-state index in [1.807, 2.05) is 55.5 Å². The van der Waals surface area contributed by atoms with Gasteiger partial charge in [-0.05, 0) is 61.0 Å². The van der Waals surface area contributed by atoms with Crippen LogP contribution < -0.4 is 21.1 Å². The molecule has 0 radical (unpaired) electrons. The third kappa shape index (κ3) is 5.37. The largest absolute Gasteiger partial charge is 0.457 e. The third-order valence-corrected chi connectivity index (χ3v) is 4.04. The van der Waals surface area contributed by atoms with E-state index in [0.29, 0.717) is 22.8 Å². The van der Waals surface area contributed by atoms with Gasteiger partial charge in [-0.25, -0.2) is 0 Å². The molecule has 0 aromatic heterocycles. The van der Waals surface area contributed by atoms with Crippen molar-refractivity contribution in [3.05, 3.63) is 90.1 Å². The molecule has 0 fully saturated rings. The number of hydrogen-bond donors (Lipinski definition) is 3. The third-order valence-electron chi connectivity index (χ3n) is 4.04. The smallest absolute Gasteiger partial charge is 0.267 e. The highest BCUT2D eigenvalue weighted by Crippen LogP contribution is 2.23. The summed E-state index contributed by atoms with van der Waals surface area (Å²) < 4.78 is 5.72. The first-order chi connectivity index (χ1) is 14.0. The van der Waals surface area contributed by atoms with Crippen molar-refractivity contribution < 1.29 is 9.53 Å². The van der Waals surface area contributed by atoms with Gasteiger partial charge in [-0.3, -0.25) is 4.79 Å². The van der Waals surface area contributed by atoms with E-state index >= 15 is 0 Å². The minimum atomic E-state index is -0.525. The Labute approximate surface area is 169 Å². The quantitative estimate of drug-likeness (QED) is 0.321. The Bertz CT molecular complexity index is 1070. The van der Waals surface area contributed by atoms with Gasteiger partial charge in [0, 0.05) is 11.9 Å². The number of para-hydroxylation sites is 1. The molecule has 29 heavy (non-hydrogen) atoms. The van der Waals surface area contributed by atoms with Gasteiger partial charge in [-0.1, -0.05) is 24.3 Å². The second kappa shape index (κ2) is 9.11. The van der Waals surface area contributed by atoms with Crippen LogP contribution in [0.3, 0.4) is 0 Å². The number of nitrogens with one attached hydrogen (secondary N) is 2. The fraction of sp³-hybridized carbons (Fsp3) is 0.0435. The first-order valence-electron chi connectivity index (χ1n) is 8.92. The Kier molecular flexibility index (Phi) is 6.13. The molecule has 0 bridgehead atoms. The van der Waals surface area contributed by atoms with E-state index in [-0.39, 0.29) is 5.57 Å². The van der Waals surface area contributed by atoms with E-state index < -0.39 is 5.91 Å². The number of carbonyl (C=O) groups is 1. The summed E-state index contributed by atoms with van der Waals surface area (Å²) in [5.41, 5.74) is 8.54. The van der Waals surface area contributed by atoms with Crippen LogP contribution in [-0.2, 0) is 4.79 Å². The zero-order chi connectivity index (χ0) is 20.6. The van der Waals surface area contributed by atoms with E-state index in [4.69, 9.17) is 10.5 Å². The SMILES string of the molecule is Cc1ccc(N)c(N/C=C(/C#N)C(=O)Nc2ccc(Oc3ccccc3)cc2)c1. The van der Waals surface area contributed by atoms with Crippen molar-refractivity contribution >= 4 is 23.0 Å². The molecule has 6 nitrogen and oxygen atoms in total. The van der Waals surface area contributed by atoms with Crippen LogP contribution in [0.5, 0.6) is 11.5 Å². The molecule has 144 valence electrons. The fourth-order valence-electron chi connectivity index (χ4n) is 2.52. The van der Waals surface area contributed by atoms with Crippen molar-refractivity contribution in [2.75, 3.05) is 16.4 Å².